The Morgan fingerprint density at radius 2 is 1.90 bits per heavy atom. The van der Waals surface area contributed by atoms with Crippen LogP contribution in [-0.2, 0) is 6.54 Å². The molecule has 3 rings (SSSR count). The zero-order valence-electron chi connectivity index (χ0n) is 10.8. The molecule has 0 atom stereocenters. The Balaban J connectivity index is 2.22. The molecule has 2 aromatic carbocycles. The van der Waals surface area contributed by atoms with Gasteiger partial charge >= 0.3 is 0 Å². The van der Waals surface area contributed by atoms with E-state index < -0.39 is 11.6 Å². The summed E-state index contributed by atoms with van der Waals surface area (Å²) < 4.78 is 29.4. The number of nitrogens with zero attached hydrogens (tertiary/aromatic N) is 1. The molecule has 0 saturated heterocycles. The fourth-order valence-electron chi connectivity index (χ4n) is 2.30. The summed E-state index contributed by atoms with van der Waals surface area (Å²) in [5.41, 5.74) is 2.79. The maximum absolute atomic E-state index is 14.0. The Hall–Kier alpha value is -2.01. The van der Waals surface area contributed by atoms with Crippen molar-refractivity contribution in [2.45, 2.75) is 13.5 Å². The molecule has 102 valence electrons. The smallest absolute Gasteiger partial charge is 0.184 e. The number of aromatic nitrogens is 2. The molecule has 1 N–H and O–H groups in total. The van der Waals surface area contributed by atoms with Gasteiger partial charge in [0.15, 0.2) is 16.4 Å². The number of nitrogens with one attached hydrogen (secondary N) is 1. The van der Waals surface area contributed by atoms with E-state index in [1.54, 1.807) is 4.57 Å². The number of hydrogen-bond acceptors (Lipinski definition) is 1. The number of aryl methyl sites for hydroxylation is 1. The van der Waals surface area contributed by atoms with Crippen LogP contribution in [0.15, 0.2) is 36.4 Å². The molecule has 0 fully saturated rings. The topological polar surface area (TPSA) is 20.7 Å². The van der Waals surface area contributed by atoms with Gasteiger partial charge in [0.25, 0.3) is 0 Å². The van der Waals surface area contributed by atoms with Crippen LogP contribution >= 0.6 is 12.2 Å². The standard InChI is InChI=1S/C15H12F2N2S/c1-9-4-2-3-5-10(9)8-19-14-12(18-15(19)20)7-6-11(16)13(14)17/h2-7H,8H2,1H3,(H,18,20). The van der Waals surface area contributed by atoms with Crippen LogP contribution in [0.25, 0.3) is 11.0 Å². The SMILES string of the molecule is Cc1ccccc1Cn1c(=S)[nH]c2ccc(F)c(F)c21. The van der Waals surface area contributed by atoms with Gasteiger partial charge in [-0.1, -0.05) is 24.3 Å². The van der Waals surface area contributed by atoms with Gasteiger partial charge in [-0.3, -0.25) is 0 Å². The van der Waals surface area contributed by atoms with Crippen molar-refractivity contribution < 1.29 is 8.78 Å². The number of hydrogen-bond donors (Lipinski definition) is 1. The third-order valence-electron chi connectivity index (χ3n) is 3.42. The third kappa shape index (κ3) is 2.04. The van der Waals surface area contributed by atoms with Gasteiger partial charge in [-0.05, 0) is 42.4 Å². The monoisotopic (exact) mass is 290 g/mol. The van der Waals surface area contributed by atoms with Crippen LogP contribution < -0.4 is 0 Å². The van der Waals surface area contributed by atoms with Crippen LogP contribution in [0, 0.1) is 23.3 Å². The zero-order chi connectivity index (χ0) is 14.3. The molecule has 20 heavy (non-hydrogen) atoms. The molecule has 3 aromatic rings. The summed E-state index contributed by atoms with van der Waals surface area (Å²) in [4.78, 5) is 2.91. The van der Waals surface area contributed by atoms with Crippen LogP contribution in [0.5, 0.6) is 0 Å². The van der Waals surface area contributed by atoms with Crippen LogP contribution in [-0.4, -0.2) is 9.55 Å². The Morgan fingerprint density at radius 1 is 1.15 bits per heavy atom. The van der Waals surface area contributed by atoms with E-state index >= 15 is 0 Å². The Bertz CT molecular complexity index is 849. The molecule has 2 nitrogen and oxygen atoms in total. The molecular weight excluding hydrogens is 278 g/mol. The molecule has 0 amide bonds. The zero-order valence-corrected chi connectivity index (χ0v) is 11.6. The Kier molecular flexibility index (Phi) is 3.14. The maximum atomic E-state index is 14.0. The summed E-state index contributed by atoms with van der Waals surface area (Å²) >= 11 is 5.22. The summed E-state index contributed by atoms with van der Waals surface area (Å²) in [6.07, 6.45) is 0. The van der Waals surface area contributed by atoms with Crippen molar-refractivity contribution in [1.29, 1.82) is 0 Å². The van der Waals surface area contributed by atoms with Crippen LogP contribution in [0.3, 0.4) is 0 Å². The van der Waals surface area contributed by atoms with E-state index in [1.807, 2.05) is 31.2 Å². The Morgan fingerprint density at radius 3 is 2.65 bits per heavy atom. The van der Waals surface area contributed by atoms with E-state index in [2.05, 4.69) is 4.98 Å². The van der Waals surface area contributed by atoms with Crippen molar-refractivity contribution in [3.8, 4) is 0 Å². The van der Waals surface area contributed by atoms with Crippen LogP contribution in [0.4, 0.5) is 8.78 Å². The third-order valence-corrected chi connectivity index (χ3v) is 3.74. The van der Waals surface area contributed by atoms with Gasteiger partial charge in [-0.15, -0.1) is 0 Å². The lowest BCUT2D eigenvalue weighted by molar-refractivity contribution is 0.512. The first-order chi connectivity index (χ1) is 9.58. The van der Waals surface area contributed by atoms with Crippen molar-refractivity contribution in [3.63, 3.8) is 0 Å². The van der Waals surface area contributed by atoms with E-state index in [0.717, 1.165) is 17.2 Å². The second-order valence-corrected chi connectivity index (χ2v) is 5.09. The lowest BCUT2D eigenvalue weighted by Crippen LogP contribution is -2.03. The van der Waals surface area contributed by atoms with E-state index in [0.29, 0.717) is 16.8 Å². The fraction of sp³-hybridized carbons (Fsp3) is 0.133. The summed E-state index contributed by atoms with van der Waals surface area (Å²) in [6, 6.07) is 10.4. The maximum Gasteiger partial charge on any atom is 0.184 e. The minimum atomic E-state index is -0.872. The van der Waals surface area contributed by atoms with Crippen LogP contribution in [0.1, 0.15) is 11.1 Å². The lowest BCUT2D eigenvalue weighted by atomic mass is 10.1. The summed E-state index contributed by atoms with van der Waals surface area (Å²) in [7, 11) is 0. The van der Waals surface area contributed by atoms with Crippen molar-refractivity contribution in [2.75, 3.05) is 0 Å². The predicted octanol–water partition coefficient (Wildman–Crippen LogP) is 4.33. The van der Waals surface area contributed by atoms with Gasteiger partial charge in [-0.25, -0.2) is 8.78 Å². The first-order valence-electron chi connectivity index (χ1n) is 6.19. The second kappa shape index (κ2) is 4.83. The number of halogens is 2. The van der Waals surface area contributed by atoms with Crippen LogP contribution in [0.2, 0.25) is 0 Å². The highest BCUT2D eigenvalue weighted by atomic mass is 32.1. The number of aromatic amines is 1. The van der Waals surface area contributed by atoms with E-state index in [4.69, 9.17) is 12.2 Å². The van der Waals surface area contributed by atoms with Crippen molar-refractivity contribution in [3.05, 3.63) is 63.9 Å². The van der Waals surface area contributed by atoms with E-state index in [9.17, 15) is 8.78 Å². The predicted molar refractivity (Wildman–Crippen MR) is 77.3 cm³/mol. The van der Waals surface area contributed by atoms with Gasteiger partial charge < -0.3 is 9.55 Å². The van der Waals surface area contributed by atoms with Crippen molar-refractivity contribution >= 4 is 23.3 Å². The molecule has 5 heteroatoms. The molecule has 0 unspecified atom stereocenters. The fourth-order valence-corrected chi connectivity index (χ4v) is 2.56. The number of rotatable bonds is 2. The molecular formula is C15H12F2N2S. The molecule has 0 aliphatic carbocycles. The molecule has 0 aliphatic rings. The van der Waals surface area contributed by atoms with Gasteiger partial charge in [-0.2, -0.15) is 0 Å². The minimum absolute atomic E-state index is 0.179. The summed E-state index contributed by atoms with van der Waals surface area (Å²) in [5, 5.41) is 0. The average Bonchev–Trinajstić information content (AvgIpc) is 2.74. The largest absolute Gasteiger partial charge is 0.330 e. The van der Waals surface area contributed by atoms with Gasteiger partial charge in [0.05, 0.1) is 12.1 Å². The molecule has 0 bridgehead atoms. The summed E-state index contributed by atoms with van der Waals surface area (Å²) in [6.45, 7) is 2.39. The molecule has 0 radical (unpaired) electrons. The normalized spacial score (nSPS) is 11.2. The number of imidazole rings is 1. The Labute approximate surface area is 119 Å². The van der Waals surface area contributed by atoms with Crippen molar-refractivity contribution in [1.82, 2.24) is 9.55 Å². The van der Waals surface area contributed by atoms with Gasteiger partial charge in [0.1, 0.15) is 5.52 Å². The highest BCUT2D eigenvalue weighted by Crippen LogP contribution is 2.22. The number of H-pyrrole nitrogens is 1. The van der Waals surface area contributed by atoms with Gasteiger partial charge in [0.2, 0.25) is 0 Å². The van der Waals surface area contributed by atoms with Gasteiger partial charge in [0, 0.05) is 0 Å². The number of fused-ring (bicyclic) bond motifs is 1. The van der Waals surface area contributed by atoms with E-state index in [-0.39, 0.29) is 5.52 Å². The summed E-state index contributed by atoms with van der Waals surface area (Å²) in [5.74, 6) is -1.74. The minimum Gasteiger partial charge on any atom is -0.330 e. The second-order valence-electron chi connectivity index (χ2n) is 4.70. The average molecular weight is 290 g/mol. The number of benzene rings is 2. The van der Waals surface area contributed by atoms with Crippen molar-refractivity contribution in [2.24, 2.45) is 0 Å². The first-order valence-corrected chi connectivity index (χ1v) is 6.60. The molecule has 1 heterocycles. The first kappa shape index (κ1) is 13.0. The molecule has 0 aliphatic heterocycles. The molecule has 0 saturated carbocycles. The molecule has 1 aromatic heterocycles. The molecule has 0 spiro atoms. The lowest BCUT2D eigenvalue weighted by Gasteiger charge is -2.08. The highest BCUT2D eigenvalue weighted by Gasteiger charge is 2.14. The highest BCUT2D eigenvalue weighted by molar-refractivity contribution is 7.71. The van der Waals surface area contributed by atoms with E-state index in [1.165, 1.54) is 6.07 Å². The quantitative estimate of drug-likeness (QED) is 0.697.